The van der Waals surface area contributed by atoms with Crippen LogP contribution in [-0.2, 0) is 50.2 Å². The van der Waals surface area contributed by atoms with Gasteiger partial charge in [0.1, 0.15) is 5.75 Å². The fourth-order valence-electron chi connectivity index (χ4n) is 2.19. The maximum absolute atomic E-state index is 12.1. The zero-order valence-corrected chi connectivity index (χ0v) is 18.9. The molecule has 0 N–H and O–H groups in total. The molecule has 0 aromatic heterocycles. The van der Waals surface area contributed by atoms with Crippen LogP contribution in [0.4, 0.5) is 0 Å². The van der Waals surface area contributed by atoms with Crippen molar-refractivity contribution in [3.63, 3.8) is 0 Å². The lowest BCUT2D eigenvalue weighted by atomic mass is 10.2. The summed E-state index contributed by atoms with van der Waals surface area (Å²) >= 11 is 0.915. The van der Waals surface area contributed by atoms with Gasteiger partial charge in [0, 0.05) is 16.4 Å². The lowest BCUT2D eigenvalue weighted by Gasteiger charge is -2.06. The summed E-state index contributed by atoms with van der Waals surface area (Å²) in [6, 6.07) is 14.9. The van der Waals surface area contributed by atoms with Crippen LogP contribution in [0.25, 0.3) is 0 Å². The van der Waals surface area contributed by atoms with E-state index in [0.29, 0.717) is 11.1 Å². The topological polar surface area (TPSA) is 116 Å². The molecule has 162 valence electrons. The van der Waals surface area contributed by atoms with Gasteiger partial charge >= 0.3 is 16.1 Å². The van der Waals surface area contributed by atoms with Gasteiger partial charge in [0.05, 0.1) is 12.9 Å². The highest BCUT2D eigenvalue weighted by molar-refractivity contribution is 8.15. The van der Waals surface area contributed by atoms with Crippen LogP contribution in [0, 0.1) is 0 Å². The molecule has 0 saturated heterocycles. The molecule has 0 aliphatic rings. The Balaban J connectivity index is 2.04. The van der Waals surface area contributed by atoms with Crippen molar-refractivity contribution in [3.8, 4) is 0 Å². The lowest BCUT2D eigenvalue weighted by molar-refractivity contribution is -0.132. The number of oxime groups is 1. The molecule has 12 heteroatoms. The average Bonchev–Trinajstić information content (AvgIpc) is 2.68. The third-order valence-corrected chi connectivity index (χ3v) is 6.50. The number of hydrogen-bond donors (Lipinski definition) is 0. The van der Waals surface area contributed by atoms with E-state index >= 15 is 0 Å². The smallest absolute Gasteiger partial charge is 0.366 e. The SMILES string of the molecule is COC(=O)C(=NOS(=O)(=O)Cc1ccccc1)SCc1ccc(CS(=O)(=O)Cl)cc1. The quantitative estimate of drug-likeness (QED) is 0.182. The molecule has 0 fully saturated rings. The van der Waals surface area contributed by atoms with Crippen molar-refractivity contribution in [3.05, 3.63) is 71.3 Å². The Morgan fingerprint density at radius 2 is 1.50 bits per heavy atom. The summed E-state index contributed by atoms with van der Waals surface area (Å²) in [7, 11) is -1.36. The number of esters is 1. The Kier molecular flexibility index (Phi) is 8.71. The number of carbonyl (C=O) groups excluding carboxylic acids is 1. The molecule has 30 heavy (non-hydrogen) atoms. The number of benzene rings is 2. The van der Waals surface area contributed by atoms with Gasteiger partial charge < -0.3 is 4.74 Å². The molecule has 0 atom stereocenters. The largest absolute Gasteiger partial charge is 0.464 e. The molecule has 0 radical (unpaired) electrons. The van der Waals surface area contributed by atoms with Crippen LogP contribution in [0.1, 0.15) is 16.7 Å². The van der Waals surface area contributed by atoms with E-state index in [9.17, 15) is 21.6 Å². The van der Waals surface area contributed by atoms with Crippen molar-refractivity contribution in [2.75, 3.05) is 7.11 Å². The number of hydrogen-bond acceptors (Lipinski definition) is 9. The van der Waals surface area contributed by atoms with Crippen LogP contribution in [0.2, 0.25) is 0 Å². The second kappa shape index (κ2) is 10.8. The van der Waals surface area contributed by atoms with Crippen molar-refractivity contribution in [2.24, 2.45) is 5.16 Å². The minimum Gasteiger partial charge on any atom is -0.464 e. The molecule has 0 amide bonds. The normalized spacial score (nSPS) is 12.4. The van der Waals surface area contributed by atoms with Crippen molar-refractivity contribution >= 4 is 52.6 Å². The van der Waals surface area contributed by atoms with E-state index in [4.69, 9.17) is 10.7 Å². The van der Waals surface area contributed by atoms with Gasteiger partial charge in [-0.05, 0) is 16.7 Å². The second-order valence-corrected chi connectivity index (χ2v) is 11.2. The average molecular weight is 492 g/mol. The van der Waals surface area contributed by atoms with Crippen LogP contribution in [0.3, 0.4) is 0 Å². The third kappa shape index (κ3) is 8.74. The minimum atomic E-state index is -4.06. The highest BCUT2D eigenvalue weighted by Crippen LogP contribution is 2.18. The molecule has 0 unspecified atom stereocenters. The van der Waals surface area contributed by atoms with Crippen LogP contribution in [-0.4, -0.2) is 35.0 Å². The molecule has 2 aromatic carbocycles. The van der Waals surface area contributed by atoms with Gasteiger partial charge in [-0.2, -0.15) is 8.42 Å². The van der Waals surface area contributed by atoms with Gasteiger partial charge in [-0.15, -0.1) is 0 Å². The third-order valence-electron chi connectivity index (χ3n) is 3.52. The lowest BCUT2D eigenvalue weighted by Crippen LogP contribution is -2.15. The van der Waals surface area contributed by atoms with Crippen LogP contribution in [0.5, 0.6) is 0 Å². The first-order valence-electron chi connectivity index (χ1n) is 8.32. The predicted molar refractivity (Wildman–Crippen MR) is 116 cm³/mol. The fraction of sp³-hybridized carbons (Fsp3) is 0.222. The zero-order chi connectivity index (χ0) is 22.2. The summed E-state index contributed by atoms with van der Waals surface area (Å²) < 4.78 is 55.6. The number of methoxy groups -OCH3 is 1. The number of halogens is 1. The Morgan fingerprint density at radius 3 is 2.07 bits per heavy atom. The predicted octanol–water partition coefficient (Wildman–Crippen LogP) is 3.02. The maximum atomic E-state index is 12.1. The highest BCUT2D eigenvalue weighted by atomic mass is 35.7. The highest BCUT2D eigenvalue weighted by Gasteiger charge is 2.18. The van der Waals surface area contributed by atoms with Crippen LogP contribution in [0.15, 0.2) is 59.8 Å². The molecular weight excluding hydrogens is 474 g/mol. The first-order valence-corrected chi connectivity index (χ1v) is 13.4. The summed E-state index contributed by atoms with van der Waals surface area (Å²) in [6.07, 6.45) is 0. The van der Waals surface area contributed by atoms with Crippen molar-refractivity contribution in [1.29, 1.82) is 0 Å². The summed E-state index contributed by atoms with van der Waals surface area (Å²) in [4.78, 5) is 11.9. The minimum absolute atomic E-state index is 0.240. The Labute approximate surface area is 183 Å². The molecule has 2 rings (SSSR count). The van der Waals surface area contributed by atoms with Crippen molar-refractivity contribution < 1.29 is 30.7 Å². The van der Waals surface area contributed by atoms with E-state index in [2.05, 4.69) is 14.2 Å². The van der Waals surface area contributed by atoms with E-state index in [1.807, 2.05) is 0 Å². The Morgan fingerprint density at radius 1 is 0.933 bits per heavy atom. The van der Waals surface area contributed by atoms with Gasteiger partial charge in [0.25, 0.3) is 0 Å². The molecule has 0 saturated carbocycles. The van der Waals surface area contributed by atoms with E-state index in [0.717, 1.165) is 24.4 Å². The summed E-state index contributed by atoms with van der Waals surface area (Å²) in [5, 5.41) is 3.19. The molecule has 2 aromatic rings. The Hall–Kier alpha value is -2.08. The van der Waals surface area contributed by atoms with E-state index in [1.165, 1.54) is 0 Å². The molecule has 0 heterocycles. The first-order chi connectivity index (χ1) is 14.1. The van der Waals surface area contributed by atoms with Gasteiger partial charge in [0.2, 0.25) is 14.1 Å². The fourth-order valence-corrected chi connectivity index (χ4v) is 4.83. The standard InChI is InChI=1S/C18H18ClNO7S3/c1-26-18(21)17(20-27-30(24,25)13-15-5-3-2-4-6-15)28-11-14-7-9-16(10-8-14)12-29(19,22)23/h2-10H,11-13H2,1H3. The molecule has 0 aliphatic heterocycles. The maximum Gasteiger partial charge on any atom is 0.366 e. The molecular formula is C18H18ClNO7S3. The molecule has 8 nitrogen and oxygen atoms in total. The van der Waals surface area contributed by atoms with Crippen molar-refractivity contribution in [2.45, 2.75) is 17.3 Å². The molecule has 0 bridgehead atoms. The van der Waals surface area contributed by atoms with E-state index in [-0.39, 0.29) is 16.5 Å². The summed E-state index contributed by atoms with van der Waals surface area (Å²) in [6.45, 7) is 0. The molecule has 0 aliphatic carbocycles. The second-order valence-electron chi connectivity index (χ2n) is 5.94. The number of thioether (sulfide) groups is 1. The monoisotopic (exact) mass is 491 g/mol. The van der Waals surface area contributed by atoms with Crippen LogP contribution >= 0.6 is 22.4 Å². The van der Waals surface area contributed by atoms with Gasteiger partial charge in [-0.3, -0.25) is 4.28 Å². The van der Waals surface area contributed by atoms with Gasteiger partial charge in [-0.25, -0.2) is 13.2 Å². The number of nitrogens with zero attached hydrogens (tertiary/aromatic N) is 1. The van der Waals surface area contributed by atoms with Crippen molar-refractivity contribution in [1.82, 2.24) is 0 Å². The number of ether oxygens (including phenoxy) is 1. The number of rotatable bonds is 8. The molecule has 0 spiro atoms. The van der Waals surface area contributed by atoms with Gasteiger partial charge in [0.15, 0.2) is 0 Å². The van der Waals surface area contributed by atoms with E-state index in [1.54, 1.807) is 54.6 Å². The number of carbonyl (C=O) groups is 1. The zero-order valence-electron chi connectivity index (χ0n) is 15.7. The van der Waals surface area contributed by atoms with Gasteiger partial charge in [-0.1, -0.05) is 71.5 Å². The summed E-state index contributed by atoms with van der Waals surface area (Å²) in [5.41, 5.74) is 1.76. The summed E-state index contributed by atoms with van der Waals surface area (Å²) in [5.74, 6) is -1.31. The Bertz CT molecular complexity index is 1100. The van der Waals surface area contributed by atoms with E-state index < -0.39 is 30.9 Å². The van der Waals surface area contributed by atoms with Crippen LogP contribution < -0.4 is 0 Å². The first kappa shape index (κ1) is 24.2.